The van der Waals surface area contributed by atoms with Crippen LogP contribution in [0.25, 0.3) is 5.70 Å². The molecule has 2 rings (SSSR count). The van der Waals surface area contributed by atoms with Crippen LogP contribution in [0.5, 0.6) is 11.5 Å². The van der Waals surface area contributed by atoms with E-state index in [2.05, 4.69) is 22.3 Å². The Morgan fingerprint density at radius 3 is 2.71 bits per heavy atom. The molecule has 0 fully saturated rings. The lowest BCUT2D eigenvalue weighted by molar-refractivity contribution is 0.136. The van der Waals surface area contributed by atoms with Gasteiger partial charge in [-0.2, -0.15) is 0 Å². The van der Waals surface area contributed by atoms with Crippen LogP contribution in [0.15, 0.2) is 40.4 Å². The molecule has 110 valence electrons. The zero-order valence-corrected chi connectivity index (χ0v) is 11.8. The number of hydroxylamine groups is 1. The lowest BCUT2D eigenvalue weighted by Crippen LogP contribution is -2.28. The van der Waals surface area contributed by atoms with Crippen LogP contribution in [0.3, 0.4) is 0 Å². The highest BCUT2D eigenvalue weighted by atomic mass is 35.5. The molecule has 0 bridgehead atoms. The molecule has 7 nitrogen and oxygen atoms in total. The van der Waals surface area contributed by atoms with Crippen LogP contribution in [0.1, 0.15) is 5.56 Å². The van der Waals surface area contributed by atoms with E-state index in [0.717, 1.165) is 0 Å². The highest BCUT2D eigenvalue weighted by molar-refractivity contribution is 6.30. The number of nitrogens with one attached hydrogen (secondary N) is 3. The molecular weight excluding hydrogens is 298 g/mol. The molecule has 0 saturated carbocycles. The van der Waals surface area contributed by atoms with Crippen molar-refractivity contribution in [2.24, 2.45) is 0 Å². The SMILES string of the molecule is C=C(NOC)c1ccccc1Oc1c(Cl)[nH][nH]c(=O)c1=O. The second-order valence-electron chi connectivity index (χ2n) is 3.93. The van der Waals surface area contributed by atoms with Gasteiger partial charge in [-0.15, -0.1) is 0 Å². The topological polar surface area (TPSA) is 96.2 Å². The van der Waals surface area contributed by atoms with Crippen molar-refractivity contribution >= 4 is 17.3 Å². The summed E-state index contributed by atoms with van der Waals surface area (Å²) < 4.78 is 5.47. The second-order valence-corrected chi connectivity index (χ2v) is 4.31. The normalized spacial score (nSPS) is 10.2. The molecule has 1 heterocycles. The predicted octanol–water partition coefficient (Wildman–Crippen LogP) is 1.63. The van der Waals surface area contributed by atoms with Crippen LogP contribution in [0.4, 0.5) is 0 Å². The number of para-hydroxylation sites is 1. The molecule has 0 aliphatic heterocycles. The third kappa shape index (κ3) is 3.15. The first-order valence-electron chi connectivity index (χ1n) is 5.80. The smallest absolute Gasteiger partial charge is 0.314 e. The average Bonchev–Trinajstić information content (AvgIpc) is 2.48. The summed E-state index contributed by atoms with van der Waals surface area (Å²) in [6, 6.07) is 6.77. The number of halogens is 1. The first kappa shape index (κ1) is 14.9. The first-order chi connectivity index (χ1) is 10.0. The van der Waals surface area contributed by atoms with E-state index in [1.165, 1.54) is 7.11 Å². The fourth-order valence-corrected chi connectivity index (χ4v) is 1.78. The summed E-state index contributed by atoms with van der Waals surface area (Å²) in [5.74, 6) is 0.00290. The van der Waals surface area contributed by atoms with Crippen molar-refractivity contribution in [2.45, 2.75) is 0 Å². The van der Waals surface area contributed by atoms with E-state index in [1.807, 2.05) is 0 Å². The molecule has 21 heavy (non-hydrogen) atoms. The quantitative estimate of drug-likeness (QED) is 0.576. The van der Waals surface area contributed by atoms with Crippen molar-refractivity contribution in [3.05, 3.63) is 62.1 Å². The number of aromatic nitrogens is 2. The van der Waals surface area contributed by atoms with Crippen molar-refractivity contribution in [1.82, 2.24) is 15.7 Å². The van der Waals surface area contributed by atoms with Gasteiger partial charge >= 0.3 is 5.56 Å². The summed E-state index contributed by atoms with van der Waals surface area (Å²) in [7, 11) is 1.44. The molecule has 0 atom stereocenters. The van der Waals surface area contributed by atoms with Crippen LogP contribution in [-0.4, -0.2) is 17.3 Å². The van der Waals surface area contributed by atoms with Crippen molar-refractivity contribution < 1.29 is 9.57 Å². The summed E-state index contributed by atoms with van der Waals surface area (Å²) in [5.41, 5.74) is 1.80. The predicted molar refractivity (Wildman–Crippen MR) is 78.4 cm³/mol. The molecule has 0 spiro atoms. The van der Waals surface area contributed by atoms with Gasteiger partial charge in [0, 0.05) is 5.56 Å². The first-order valence-corrected chi connectivity index (χ1v) is 6.18. The fraction of sp³-hybridized carbons (Fsp3) is 0.0769. The maximum Gasteiger partial charge on any atom is 0.314 e. The number of rotatable bonds is 5. The van der Waals surface area contributed by atoms with E-state index in [9.17, 15) is 9.59 Å². The molecule has 0 saturated heterocycles. The number of benzene rings is 1. The van der Waals surface area contributed by atoms with Crippen molar-refractivity contribution in [1.29, 1.82) is 0 Å². The van der Waals surface area contributed by atoms with Gasteiger partial charge in [-0.25, -0.2) is 0 Å². The molecular formula is C13H12ClN3O4. The summed E-state index contributed by atoms with van der Waals surface area (Å²) in [6.45, 7) is 3.78. The van der Waals surface area contributed by atoms with Gasteiger partial charge in [-0.1, -0.05) is 30.3 Å². The highest BCUT2D eigenvalue weighted by Gasteiger charge is 2.14. The monoisotopic (exact) mass is 309 g/mol. The fourth-order valence-electron chi connectivity index (χ4n) is 1.61. The van der Waals surface area contributed by atoms with Gasteiger partial charge in [0.2, 0.25) is 5.75 Å². The lowest BCUT2D eigenvalue weighted by Gasteiger charge is -2.13. The van der Waals surface area contributed by atoms with Crippen LogP contribution in [-0.2, 0) is 4.84 Å². The number of hydrogen-bond donors (Lipinski definition) is 3. The zero-order valence-electron chi connectivity index (χ0n) is 11.0. The minimum Gasteiger partial charge on any atom is -0.449 e. The Morgan fingerprint density at radius 2 is 2.00 bits per heavy atom. The van der Waals surface area contributed by atoms with Gasteiger partial charge in [0.05, 0.1) is 12.8 Å². The summed E-state index contributed by atoms with van der Waals surface area (Å²) in [5, 5.41) is 4.33. The minimum absolute atomic E-state index is 0.111. The maximum atomic E-state index is 11.8. The van der Waals surface area contributed by atoms with Crippen LogP contribution < -0.4 is 21.2 Å². The standard InChI is InChI=1S/C13H12ClN3O4/c1-7(17-20-2)8-5-3-4-6-9(8)21-11-10(18)13(19)16-15-12(11)14/h3-6,17H,1H2,2H3,(H,15,18)(H,16,19). The van der Waals surface area contributed by atoms with Gasteiger partial charge in [-0.05, 0) is 12.1 Å². The molecule has 1 aromatic heterocycles. The number of hydrogen-bond acceptors (Lipinski definition) is 5. The Morgan fingerprint density at radius 1 is 1.29 bits per heavy atom. The average molecular weight is 310 g/mol. The second kappa shape index (κ2) is 6.29. The Labute approximate surface area is 124 Å². The van der Waals surface area contributed by atoms with Gasteiger partial charge in [0.25, 0.3) is 5.43 Å². The Hall–Kier alpha value is -2.51. The molecule has 0 amide bonds. The van der Waals surface area contributed by atoms with Crippen molar-refractivity contribution in [3.63, 3.8) is 0 Å². The van der Waals surface area contributed by atoms with E-state index in [1.54, 1.807) is 24.3 Å². The summed E-state index contributed by atoms with van der Waals surface area (Å²) >= 11 is 5.83. The van der Waals surface area contributed by atoms with Gasteiger partial charge < -0.3 is 4.74 Å². The third-order valence-corrected chi connectivity index (χ3v) is 2.81. The van der Waals surface area contributed by atoms with E-state index >= 15 is 0 Å². The molecule has 0 radical (unpaired) electrons. The van der Waals surface area contributed by atoms with E-state index in [4.69, 9.17) is 21.2 Å². The molecule has 2 aromatic rings. The third-order valence-electron chi connectivity index (χ3n) is 2.55. The van der Waals surface area contributed by atoms with Crippen molar-refractivity contribution in [3.8, 4) is 11.5 Å². The highest BCUT2D eigenvalue weighted by Crippen LogP contribution is 2.29. The molecule has 1 aromatic carbocycles. The number of aromatic amines is 2. The van der Waals surface area contributed by atoms with E-state index < -0.39 is 11.0 Å². The van der Waals surface area contributed by atoms with Crippen molar-refractivity contribution in [2.75, 3.05) is 7.11 Å². The van der Waals surface area contributed by atoms with Crippen LogP contribution in [0.2, 0.25) is 5.15 Å². The molecule has 0 aliphatic carbocycles. The Bertz CT molecular complexity index is 781. The summed E-state index contributed by atoms with van der Waals surface area (Å²) in [4.78, 5) is 27.9. The molecule has 8 heteroatoms. The molecule has 3 N–H and O–H groups in total. The van der Waals surface area contributed by atoms with Crippen LogP contribution in [0, 0.1) is 0 Å². The van der Waals surface area contributed by atoms with Gasteiger partial charge in [0.15, 0.2) is 5.15 Å². The van der Waals surface area contributed by atoms with Crippen LogP contribution >= 0.6 is 11.6 Å². The van der Waals surface area contributed by atoms with E-state index in [0.29, 0.717) is 17.0 Å². The largest absolute Gasteiger partial charge is 0.449 e. The zero-order chi connectivity index (χ0) is 15.4. The van der Waals surface area contributed by atoms with E-state index in [-0.39, 0.29) is 10.9 Å². The minimum atomic E-state index is -0.876. The Kier molecular flexibility index (Phi) is 4.46. The molecule has 0 unspecified atom stereocenters. The lowest BCUT2D eigenvalue weighted by atomic mass is 10.1. The Balaban J connectivity index is 2.46. The number of H-pyrrole nitrogens is 2. The van der Waals surface area contributed by atoms with Gasteiger partial charge in [0.1, 0.15) is 5.75 Å². The van der Waals surface area contributed by atoms with Gasteiger partial charge in [-0.3, -0.25) is 30.1 Å². The summed E-state index contributed by atoms with van der Waals surface area (Å²) in [6.07, 6.45) is 0. The number of ether oxygens (including phenoxy) is 1. The molecule has 0 aliphatic rings. The maximum absolute atomic E-state index is 11.8.